The molecule has 28 heavy (non-hydrogen) atoms. The number of nitrogens with zero attached hydrogens (tertiary/aromatic N) is 2. The Kier molecular flexibility index (Phi) is 6.66. The number of carbonyl (C=O) groups is 1. The molecule has 2 N–H and O–H groups in total. The molecule has 1 aromatic rings. The van der Waals surface area contributed by atoms with E-state index in [1.54, 1.807) is 0 Å². The first kappa shape index (κ1) is 21.5. The molecule has 0 saturated carbocycles. The van der Waals surface area contributed by atoms with E-state index in [-0.39, 0.29) is 21.4 Å². The maximum atomic E-state index is 13.1. The fraction of sp³-hybridized carbons (Fsp3) is 0.632. The lowest BCUT2D eigenvalue weighted by Gasteiger charge is -2.34. The normalized spacial score (nSPS) is 25.6. The molecule has 0 spiro atoms. The predicted molar refractivity (Wildman–Crippen MR) is 109 cm³/mol. The minimum absolute atomic E-state index is 0.117. The molecule has 0 radical (unpaired) electrons. The van der Waals surface area contributed by atoms with Crippen molar-refractivity contribution in [2.24, 2.45) is 11.8 Å². The number of halogens is 1. The van der Waals surface area contributed by atoms with Crippen molar-refractivity contribution in [3.05, 3.63) is 28.8 Å². The lowest BCUT2D eigenvalue weighted by molar-refractivity contribution is -0.884. The molecule has 2 aliphatic rings. The number of hydrogen-bond donors (Lipinski definition) is 2. The Labute approximate surface area is 172 Å². The molecule has 2 heterocycles. The van der Waals surface area contributed by atoms with Crippen LogP contribution in [0.2, 0.25) is 5.02 Å². The Bertz CT molecular complexity index is 814. The van der Waals surface area contributed by atoms with Crippen LogP contribution in [0.25, 0.3) is 0 Å². The van der Waals surface area contributed by atoms with E-state index in [2.05, 4.69) is 26.3 Å². The van der Waals surface area contributed by atoms with Crippen molar-refractivity contribution >= 4 is 27.5 Å². The van der Waals surface area contributed by atoms with Crippen LogP contribution in [0.1, 0.15) is 30.6 Å². The van der Waals surface area contributed by atoms with Crippen molar-refractivity contribution in [3.63, 3.8) is 0 Å². The number of quaternary nitrogens is 1. The highest BCUT2D eigenvalue weighted by Gasteiger charge is 2.32. The van der Waals surface area contributed by atoms with E-state index in [4.69, 9.17) is 11.6 Å². The zero-order valence-electron chi connectivity index (χ0n) is 16.7. The van der Waals surface area contributed by atoms with Crippen molar-refractivity contribution in [2.45, 2.75) is 25.2 Å². The van der Waals surface area contributed by atoms with Gasteiger partial charge in [0.05, 0.1) is 48.7 Å². The Morgan fingerprint density at radius 1 is 1.18 bits per heavy atom. The summed E-state index contributed by atoms with van der Waals surface area (Å²) in [7, 11) is -1.55. The van der Waals surface area contributed by atoms with Crippen LogP contribution < -0.4 is 10.3 Å². The molecule has 0 unspecified atom stereocenters. The number of benzene rings is 1. The minimum atomic E-state index is -3.66. The molecule has 2 saturated heterocycles. The number of amides is 1. The molecular weight excluding hydrogens is 400 g/mol. The van der Waals surface area contributed by atoms with Gasteiger partial charge < -0.3 is 4.90 Å². The second-order valence-corrected chi connectivity index (χ2v) is 10.6. The predicted octanol–water partition coefficient (Wildman–Crippen LogP) is 0.482. The number of hydrazine groups is 1. The molecule has 0 aromatic heterocycles. The number of rotatable bonds is 4. The maximum Gasteiger partial charge on any atom is 0.267 e. The second-order valence-electron chi connectivity index (χ2n) is 8.29. The van der Waals surface area contributed by atoms with Gasteiger partial charge >= 0.3 is 0 Å². The van der Waals surface area contributed by atoms with E-state index in [0.717, 1.165) is 32.6 Å². The highest BCUT2D eigenvalue weighted by Crippen LogP contribution is 2.28. The molecule has 3 rings (SSSR count). The van der Waals surface area contributed by atoms with E-state index in [9.17, 15) is 13.2 Å². The number of carbonyl (C=O) groups excluding carboxylic acids is 1. The van der Waals surface area contributed by atoms with Crippen molar-refractivity contribution in [1.29, 1.82) is 0 Å². The molecule has 2 atom stereocenters. The van der Waals surface area contributed by atoms with E-state index >= 15 is 0 Å². The first-order valence-corrected chi connectivity index (χ1v) is 11.7. The molecule has 2 aliphatic heterocycles. The Morgan fingerprint density at radius 2 is 1.79 bits per heavy atom. The van der Waals surface area contributed by atoms with Gasteiger partial charge in [-0.2, -0.15) is 4.31 Å². The minimum Gasteiger partial charge on any atom is -0.335 e. The van der Waals surface area contributed by atoms with Crippen LogP contribution in [0.15, 0.2) is 23.1 Å². The molecule has 156 valence electrons. The molecule has 1 amide bonds. The average Bonchev–Trinajstić information content (AvgIpc) is 2.63. The topological polar surface area (TPSA) is 74.2 Å². The van der Waals surface area contributed by atoms with Gasteiger partial charge in [0.25, 0.3) is 5.91 Å². The first-order valence-electron chi connectivity index (χ1n) is 9.83. The lowest BCUT2D eigenvalue weighted by atomic mass is 9.94. The van der Waals surface area contributed by atoms with Crippen LogP contribution in [0.4, 0.5) is 0 Å². The molecule has 7 nitrogen and oxygen atoms in total. The van der Waals surface area contributed by atoms with Gasteiger partial charge in [-0.1, -0.05) is 25.4 Å². The number of likely N-dealkylation sites (N-methyl/N-ethyl adjacent to an activating group) is 1. The third-order valence-corrected chi connectivity index (χ3v) is 7.69. The highest BCUT2D eigenvalue weighted by molar-refractivity contribution is 7.89. The summed E-state index contributed by atoms with van der Waals surface area (Å²) in [6.45, 7) is 8.50. The van der Waals surface area contributed by atoms with Crippen LogP contribution in [0.3, 0.4) is 0 Å². The Balaban J connectivity index is 1.79. The molecule has 1 aromatic carbocycles. The van der Waals surface area contributed by atoms with E-state index in [1.165, 1.54) is 27.4 Å². The zero-order chi connectivity index (χ0) is 20.5. The third-order valence-electron chi connectivity index (χ3n) is 5.53. The number of piperazine rings is 1. The van der Waals surface area contributed by atoms with Crippen LogP contribution >= 0.6 is 11.6 Å². The number of piperidine rings is 1. The van der Waals surface area contributed by atoms with Crippen molar-refractivity contribution in [2.75, 3.05) is 46.3 Å². The van der Waals surface area contributed by atoms with E-state index < -0.39 is 10.0 Å². The number of sulfonamides is 1. The Hall–Kier alpha value is -1.19. The SMILES string of the molecule is C[C@H]1C[C@H](C)CN(S(=O)(=O)c2ccc(Cl)c(C(=O)NN3CC[NH+](C)CC3)c2)C1. The summed E-state index contributed by atoms with van der Waals surface area (Å²) in [5.41, 5.74) is 3.04. The summed E-state index contributed by atoms with van der Waals surface area (Å²) < 4.78 is 27.8. The smallest absolute Gasteiger partial charge is 0.267 e. The molecule has 2 fully saturated rings. The quantitative estimate of drug-likeness (QED) is 0.730. The van der Waals surface area contributed by atoms with Gasteiger partial charge in [0.2, 0.25) is 10.0 Å². The van der Waals surface area contributed by atoms with Crippen LogP contribution in [-0.4, -0.2) is 70.0 Å². The van der Waals surface area contributed by atoms with Crippen LogP contribution in [-0.2, 0) is 10.0 Å². The number of hydrogen-bond acceptors (Lipinski definition) is 4. The van der Waals surface area contributed by atoms with E-state index in [1.807, 2.05) is 5.01 Å². The van der Waals surface area contributed by atoms with Crippen LogP contribution in [0.5, 0.6) is 0 Å². The molecule has 9 heteroatoms. The van der Waals surface area contributed by atoms with Crippen molar-refractivity contribution < 1.29 is 18.1 Å². The van der Waals surface area contributed by atoms with Gasteiger partial charge in [-0.25, -0.2) is 13.4 Å². The van der Waals surface area contributed by atoms with Gasteiger partial charge in [-0.05, 0) is 36.5 Å². The monoisotopic (exact) mass is 429 g/mol. The van der Waals surface area contributed by atoms with Gasteiger partial charge in [0.1, 0.15) is 0 Å². The fourth-order valence-electron chi connectivity index (χ4n) is 3.99. The summed E-state index contributed by atoms with van der Waals surface area (Å²) in [4.78, 5) is 14.3. The van der Waals surface area contributed by atoms with Crippen molar-refractivity contribution in [3.8, 4) is 0 Å². The number of nitrogens with one attached hydrogen (secondary N) is 2. The highest BCUT2D eigenvalue weighted by atomic mass is 35.5. The van der Waals surface area contributed by atoms with Gasteiger partial charge in [0.15, 0.2) is 0 Å². The first-order chi connectivity index (χ1) is 13.2. The zero-order valence-corrected chi connectivity index (χ0v) is 18.3. The van der Waals surface area contributed by atoms with Gasteiger partial charge in [0, 0.05) is 13.1 Å². The molecule has 0 aliphatic carbocycles. The summed E-state index contributed by atoms with van der Waals surface area (Å²) in [6.07, 6.45) is 1.02. The summed E-state index contributed by atoms with van der Waals surface area (Å²) in [5.74, 6) is 0.253. The second kappa shape index (κ2) is 8.67. The van der Waals surface area contributed by atoms with Crippen molar-refractivity contribution in [1.82, 2.24) is 14.7 Å². The standard InChI is InChI=1S/C19H29ClN4O3S/c1-14-10-15(2)13-24(12-14)28(26,27)16-4-5-18(20)17(11-16)19(25)21-23-8-6-22(3)7-9-23/h4-5,11,14-15H,6-10,12-13H2,1-3H3,(H,21,25)/p+1/t14-,15-/m0/s1. The fourth-order valence-corrected chi connectivity index (χ4v) is 5.90. The van der Waals surface area contributed by atoms with Crippen LogP contribution in [0, 0.1) is 11.8 Å². The summed E-state index contributed by atoms with van der Waals surface area (Å²) in [5, 5.41) is 2.11. The van der Waals surface area contributed by atoms with Gasteiger partial charge in [-0.3, -0.25) is 10.2 Å². The van der Waals surface area contributed by atoms with E-state index in [0.29, 0.717) is 24.9 Å². The largest absolute Gasteiger partial charge is 0.335 e. The molecular formula is C19H30ClN4O3S+. The van der Waals surface area contributed by atoms with Gasteiger partial charge in [-0.15, -0.1) is 0 Å². The summed E-state index contributed by atoms with van der Waals surface area (Å²) >= 11 is 6.22. The maximum absolute atomic E-state index is 13.1. The average molecular weight is 430 g/mol. The summed E-state index contributed by atoms with van der Waals surface area (Å²) in [6, 6.07) is 4.38. The third kappa shape index (κ3) is 4.86. The molecule has 0 bridgehead atoms. The Morgan fingerprint density at radius 3 is 2.39 bits per heavy atom. The lowest BCUT2D eigenvalue weighted by Crippen LogP contribution is -3.12.